The minimum Gasteiger partial charge on any atom is -0.337 e. The third kappa shape index (κ3) is 4.18. The molecule has 1 aliphatic heterocycles. The first-order chi connectivity index (χ1) is 11.3. The normalized spacial score (nSPS) is 18.8. The van der Waals surface area contributed by atoms with E-state index in [0.717, 1.165) is 37.7 Å². The highest BCUT2D eigenvalue weighted by molar-refractivity contribution is 5.04. The Labute approximate surface area is 139 Å². The molecule has 1 fully saturated rings. The van der Waals surface area contributed by atoms with Crippen molar-refractivity contribution in [2.45, 2.75) is 38.9 Å². The highest BCUT2D eigenvalue weighted by Crippen LogP contribution is 2.19. The predicted octanol–water partition coefficient (Wildman–Crippen LogP) is 2.30. The molecule has 1 saturated heterocycles. The summed E-state index contributed by atoms with van der Waals surface area (Å²) in [6, 6.07) is 6.80. The van der Waals surface area contributed by atoms with E-state index in [-0.39, 0.29) is 0 Å². The van der Waals surface area contributed by atoms with E-state index in [0.29, 0.717) is 6.04 Å². The van der Waals surface area contributed by atoms with E-state index >= 15 is 0 Å². The van der Waals surface area contributed by atoms with E-state index < -0.39 is 0 Å². The van der Waals surface area contributed by atoms with Crippen molar-refractivity contribution in [1.82, 2.24) is 24.3 Å². The second kappa shape index (κ2) is 7.70. The molecular formula is C18H27N5. The summed E-state index contributed by atoms with van der Waals surface area (Å²) in [4.78, 5) is 14.1. The van der Waals surface area contributed by atoms with Gasteiger partial charge in [-0.25, -0.2) is 4.98 Å². The summed E-state index contributed by atoms with van der Waals surface area (Å²) in [6.45, 7) is 7.47. The van der Waals surface area contributed by atoms with Crippen molar-refractivity contribution in [1.29, 1.82) is 0 Å². The fourth-order valence-corrected chi connectivity index (χ4v) is 3.47. The Bertz CT molecular complexity index is 594. The lowest BCUT2D eigenvalue weighted by Gasteiger charge is -2.30. The van der Waals surface area contributed by atoms with Crippen LogP contribution >= 0.6 is 0 Å². The van der Waals surface area contributed by atoms with Gasteiger partial charge in [0.2, 0.25) is 0 Å². The van der Waals surface area contributed by atoms with Crippen molar-refractivity contribution < 1.29 is 0 Å². The first-order valence-electron chi connectivity index (χ1n) is 8.58. The molecule has 0 radical (unpaired) electrons. The molecule has 124 valence electrons. The van der Waals surface area contributed by atoms with E-state index in [4.69, 9.17) is 0 Å². The molecule has 1 aliphatic rings. The number of likely N-dealkylation sites (N-methyl/N-ethyl adjacent to an activating group) is 1. The summed E-state index contributed by atoms with van der Waals surface area (Å²) >= 11 is 0. The van der Waals surface area contributed by atoms with Crippen LogP contribution in [0.2, 0.25) is 0 Å². The van der Waals surface area contributed by atoms with Crippen LogP contribution in [0.1, 0.15) is 31.3 Å². The first-order valence-corrected chi connectivity index (χ1v) is 8.58. The van der Waals surface area contributed by atoms with Crippen molar-refractivity contribution >= 4 is 0 Å². The standard InChI is InChI=1S/C18H27N5/c1-3-23-11-6-8-17(23)14-22(13-16-7-4-5-9-19-16)15-18-20-10-12-21(18)2/h4-5,7,9-10,12,17H,3,6,8,11,13-15H2,1-2H3/t17-/m0/s1. The maximum absolute atomic E-state index is 4.50. The average molecular weight is 313 g/mol. The van der Waals surface area contributed by atoms with Gasteiger partial charge in [0.05, 0.1) is 12.2 Å². The molecule has 3 rings (SSSR count). The van der Waals surface area contributed by atoms with E-state index in [1.165, 1.54) is 19.4 Å². The van der Waals surface area contributed by atoms with Gasteiger partial charge in [-0.05, 0) is 38.1 Å². The number of imidazole rings is 1. The van der Waals surface area contributed by atoms with Crippen LogP contribution in [-0.4, -0.2) is 50.0 Å². The Morgan fingerprint density at radius 3 is 2.83 bits per heavy atom. The minimum absolute atomic E-state index is 0.656. The van der Waals surface area contributed by atoms with Crippen LogP contribution in [0, 0.1) is 0 Å². The Hall–Kier alpha value is -1.72. The van der Waals surface area contributed by atoms with E-state index in [9.17, 15) is 0 Å². The van der Waals surface area contributed by atoms with Gasteiger partial charge in [-0.3, -0.25) is 14.8 Å². The summed E-state index contributed by atoms with van der Waals surface area (Å²) in [7, 11) is 2.06. The van der Waals surface area contributed by atoms with Gasteiger partial charge in [-0.15, -0.1) is 0 Å². The average Bonchev–Trinajstić information content (AvgIpc) is 3.17. The van der Waals surface area contributed by atoms with Crippen molar-refractivity contribution in [3.8, 4) is 0 Å². The number of likely N-dealkylation sites (tertiary alicyclic amines) is 1. The lowest BCUT2D eigenvalue weighted by molar-refractivity contribution is 0.161. The first kappa shape index (κ1) is 16.1. The fraction of sp³-hybridized carbons (Fsp3) is 0.556. The zero-order chi connectivity index (χ0) is 16.1. The third-order valence-electron chi connectivity index (χ3n) is 4.77. The zero-order valence-corrected chi connectivity index (χ0v) is 14.2. The molecule has 0 amide bonds. The smallest absolute Gasteiger partial charge is 0.122 e. The Kier molecular flexibility index (Phi) is 5.41. The van der Waals surface area contributed by atoms with Crippen molar-refractivity contribution in [3.05, 3.63) is 48.3 Å². The van der Waals surface area contributed by atoms with Gasteiger partial charge in [-0.2, -0.15) is 0 Å². The van der Waals surface area contributed by atoms with Crippen LogP contribution in [0.4, 0.5) is 0 Å². The van der Waals surface area contributed by atoms with Gasteiger partial charge in [0.15, 0.2) is 0 Å². The second-order valence-electron chi connectivity index (χ2n) is 6.37. The fourth-order valence-electron chi connectivity index (χ4n) is 3.47. The molecule has 0 bridgehead atoms. The number of hydrogen-bond acceptors (Lipinski definition) is 4. The van der Waals surface area contributed by atoms with Crippen molar-refractivity contribution in [2.24, 2.45) is 7.05 Å². The number of pyridine rings is 1. The lowest BCUT2D eigenvalue weighted by atomic mass is 10.2. The molecule has 5 nitrogen and oxygen atoms in total. The third-order valence-corrected chi connectivity index (χ3v) is 4.77. The topological polar surface area (TPSA) is 37.2 Å². The van der Waals surface area contributed by atoms with Gasteiger partial charge < -0.3 is 4.57 Å². The molecule has 5 heteroatoms. The molecule has 1 atom stereocenters. The van der Waals surface area contributed by atoms with E-state index in [2.05, 4.69) is 50.4 Å². The molecule has 0 unspecified atom stereocenters. The Morgan fingerprint density at radius 2 is 2.13 bits per heavy atom. The maximum Gasteiger partial charge on any atom is 0.122 e. The molecule has 3 heterocycles. The summed E-state index contributed by atoms with van der Waals surface area (Å²) in [6.07, 6.45) is 8.39. The van der Waals surface area contributed by atoms with Crippen LogP contribution in [0.3, 0.4) is 0 Å². The van der Waals surface area contributed by atoms with Crippen LogP contribution in [0.5, 0.6) is 0 Å². The molecule has 0 saturated carbocycles. The van der Waals surface area contributed by atoms with Crippen LogP contribution in [-0.2, 0) is 20.1 Å². The SMILES string of the molecule is CCN1CCC[C@H]1CN(Cc1ccccn1)Cc1nccn1C. The zero-order valence-electron chi connectivity index (χ0n) is 14.2. The molecule has 23 heavy (non-hydrogen) atoms. The molecule has 0 aliphatic carbocycles. The number of rotatable bonds is 7. The second-order valence-corrected chi connectivity index (χ2v) is 6.37. The quantitative estimate of drug-likeness (QED) is 0.786. The monoisotopic (exact) mass is 313 g/mol. The maximum atomic E-state index is 4.50. The van der Waals surface area contributed by atoms with Gasteiger partial charge in [0.1, 0.15) is 5.82 Å². The van der Waals surface area contributed by atoms with E-state index in [1.54, 1.807) is 0 Å². The molecule has 0 spiro atoms. The summed E-state index contributed by atoms with van der Waals surface area (Å²) < 4.78 is 2.11. The molecule has 2 aromatic heterocycles. The minimum atomic E-state index is 0.656. The molecular weight excluding hydrogens is 286 g/mol. The van der Waals surface area contributed by atoms with E-state index in [1.807, 2.05) is 24.7 Å². The lowest BCUT2D eigenvalue weighted by Crippen LogP contribution is -2.40. The summed E-state index contributed by atoms with van der Waals surface area (Å²) in [5, 5.41) is 0. The van der Waals surface area contributed by atoms with Crippen LogP contribution < -0.4 is 0 Å². The highest BCUT2D eigenvalue weighted by Gasteiger charge is 2.25. The van der Waals surface area contributed by atoms with Crippen molar-refractivity contribution in [3.63, 3.8) is 0 Å². The summed E-state index contributed by atoms with van der Waals surface area (Å²) in [5.74, 6) is 1.11. The molecule has 0 aromatic carbocycles. The number of nitrogens with zero attached hydrogens (tertiary/aromatic N) is 5. The number of aromatic nitrogens is 3. The Balaban J connectivity index is 1.71. The van der Waals surface area contributed by atoms with Gasteiger partial charge in [-0.1, -0.05) is 13.0 Å². The van der Waals surface area contributed by atoms with Gasteiger partial charge in [0.25, 0.3) is 0 Å². The van der Waals surface area contributed by atoms with Crippen LogP contribution in [0.15, 0.2) is 36.8 Å². The van der Waals surface area contributed by atoms with Crippen molar-refractivity contribution in [2.75, 3.05) is 19.6 Å². The molecule has 0 N–H and O–H groups in total. The molecule has 2 aromatic rings. The van der Waals surface area contributed by atoms with Crippen LogP contribution in [0.25, 0.3) is 0 Å². The Morgan fingerprint density at radius 1 is 1.22 bits per heavy atom. The predicted molar refractivity (Wildman–Crippen MR) is 91.8 cm³/mol. The van der Waals surface area contributed by atoms with Gasteiger partial charge >= 0.3 is 0 Å². The number of aryl methyl sites for hydroxylation is 1. The number of hydrogen-bond donors (Lipinski definition) is 0. The summed E-state index contributed by atoms with van der Waals surface area (Å²) in [5.41, 5.74) is 1.13. The van der Waals surface area contributed by atoms with Gasteiger partial charge in [0, 0.05) is 44.8 Å². The largest absolute Gasteiger partial charge is 0.337 e. The highest BCUT2D eigenvalue weighted by atomic mass is 15.2.